The van der Waals surface area contributed by atoms with Crippen molar-refractivity contribution >= 4 is 85.5 Å². The van der Waals surface area contributed by atoms with Gasteiger partial charge in [-0.2, -0.15) is 4.98 Å². The molecule has 5 amide bonds. The number of thiazole rings is 1. The maximum atomic E-state index is 14.8. The van der Waals surface area contributed by atoms with E-state index in [4.69, 9.17) is 21.9 Å². The summed E-state index contributed by atoms with van der Waals surface area (Å²) in [5.74, 6) is -0.414. The molecule has 5 N–H and O–H groups in total. The molecule has 456 valence electrons. The molecule has 0 bridgehead atoms. The molecule has 0 radical (unpaired) electrons. The van der Waals surface area contributed by atoms with E-state index in [-0.39, 0.29) is 96.6 Å². The third-order valence-electron chi connectivity index (χ3n) is 15.3. The van der Waals surface area contributed by atoms with Gasteiger partial charge in [-0.05, 0) is 150 Å². The normalized spacial score (nSPS) is 16.3. The molecule has 2 saturated heterocycles. The molecule has 2 aromatic heterocycles. The lowest BCUT2D eigenvalue weighted by atomic mass is 9.85. The van der Waals surface area contributed by atoms with Gasteiger partial charge in [-0.3, -0.25) is 24.0 Å². The van der Waals surface area contributed by atoms with Gasteiger partial charge in [0.05, 0.1) is 55.9 Å². The smallest absolute Gasteiger partial charge is 0.246 e. The van der Waals surface area contributed by atoms with Crippen molar-refractivity contribution in [2.45, 2.75) is 173 Å². The number of unbranched alkanes of at least 4 members (excludes halogenated alkanes) is 1. The van der Waals surface area contributed by atoms with Gasteiger partial charge in [-0.25, -0.2) is 18.4 Å². The lowest BCUT2D eigenvalue weighted by Gasteiger charge is -2.35. The van der Waals surface area contributed by atoms with E-state index in [1.54, 1.807) is 55.0 Å². The third-order valence-corrected chi connectivity index (χ3v) is 18.8. The van der Waals surface area contributed by atoms with Crippen LogP contribution in [0.3, 0.4) is 0 Å². The van der Waals surface area contributed by atoms with Gasteiger partial charge < -0.3 is 41.1 Å². The molecule has 24 heteroatoms. The van der Waals surface area contributed by atoms with Crippen molar-refractivity contribution in [1.29, 1.82) is 0 Å². The number of hydrogen-bond donors (Lipinski definition) is 5. The molecule has 3 aromatic carbocycles. The van der Waals surface area contributed by atoms with Crippen molar-refractivity contribution < 1.29 is 37.1 Å². The summed E-state index contributed by atoms with van der Waals surface area (Å²) in [5, 5.41) is 18.5. The highest BCUT2D eigenvalue weighted by atomic mass is 35.5. The number of azide groups is 1. The van der Waals surface area contributed by atoms with Crippen molar-refractivity contribution in [2.24, 2.45) is 10.5 Å². The summed E-state index contributed by atoms with van der Waals surface area (Å²) < 4.78 is 32.7. The number of carbonyl (C=O) groups excluding carboxylic acids is 5. The van der Waals surface area contributed by atoms with Crippen LogP contribution in [-0.4, -0.2) is 118 Å². The zero-order valence-electron chi connectivity index (χ0n) is 50.2. The van der Waals surface area contributed by atoms with Gasteiger partial charge in [0.2, 0.25) is 35.5 Å². The van der Waals surface area contributed by atoms with Gasteiger partial charge in [0, 0.05) is 56.4 Å². The maximum absolute atomic E-state index is 14.8. The number of carbonyl (C=O) groups is 5. The van der Waals surface area contributed by atoms with Crippen LogP contribution in [-0.2, 0) is 33.8 Å². The van der Waals surface area contributed by atoms with E-state index in [0.29, 0.717) is 55.9 Å². The number of aryl methyl sites for hydroxylation is 2. The molecular formula is C61H80ClN13O8S2. The Morgan fingerprint density at radius 1 is 0.882 bits per heavy atom. The van der Waals surface area contributed by atoms with Crippen LogP contribution in [0.15, 0.2) is 82.4 Å². The summed E-state index contributed by atoms with van der Waals surface area (Å²) in [6.07, 6.45) is 4.45. The minimum atomic E-state index is -3.63. The number of benzene rings is 3. The standard InChI is InChI=1S/C61H80ClN13O8S2/c1-36(2)83-50-32-45(38(5)30-48(50)70-60-64-33-46(62)57(72-60)69-47-16-11-12-17-51(47)85(81,82)37(3)4)42-25-28-74(29-26-42)54(78)20-15-19-53(77)71-56(61(8,9)10)59(80)75-34-44(68-52(76)18-13-14-27-66-73-63)31-49(75)58(79)67-39(6)41-21-23-43(24-22-41)55-40(7)65-35-84-55/h11-12,16-17,21-24,30,32-33,35-37,39,42,44,49,56H,13-15,18-20,25-29,31,34H2,1-10H3,(H,67,79)(H,68,76)(H,71,77)(H2,64,69,70,72)/t39-,44+,49-,56+/m0/s1. The van der Waals surface area contributed by atoms with Crippen molar-refractivity contribution in [3.63, 3.8) is 0 Å². The van der Waals surface area contributed by atoms with Gasteiger partial charge >= 0.3 is 0 Å². The van der Waals surface area contributed by atoms with E-state index in [0.717, 1.165) is 32.8 Å². The highest BCUT2D eigenvalue weighted by molar-refractivity contribution is 7.92. The fourth-order valence-electron chi connectivity index (χ4n) is 10.6. The fourth-order valence-corrected chi connectivity index (χ4v) is 12.8. The molecule has 21 nitrogen and oxygen atoms in total. The van der Waals surface area contributed by atoms with Crippen LogP contribution < -0.4 is 31.3 Å². The molecule has 0 aliphatic carbocycles. The SMILES string of the molecule is Cc1cc(Nc2ncc(Cl)c(Nc3ccccc3S(=O)(=O)C(C)C)n2)c(OC(C)C)cc1C1CCN(C(=O)CCCC(=O)N[C@H](C(=O)N2C[C@H](NC(=O)CCCCN=[N+]=[N-])C[C@H]2C(=O)N[C@@H](C)c2ccc(-c3scnc3C)cc2)C(C)(C)C)CC1. The zero-order chi connectivity index (χ0) is 61.8. The van der Waals surface area contributed by atoms with Gasteiger partial charge in [0.1, 0.15) is 22.9 Å². The average molecular weight is 1220 g/mol. The Labute approximate surface area is 507 Å². The summed E-state index contributed by atoms with van der Waals surface area (Å²) in [4.78, 5) is 90.3. The quantitative estimate of drug-likeness (QED) is 0.0157. The number of piperidine rings is 1. The Hall–Kier alpha value is -7.33. The van der Waals surface area contributed by atoms with Crippen molar-refractivity contribution in [2.75, 3.05) is 36.8 Å². The molecule has 5 aromatic rings. The Morgan fingerprint density at radius 2 is 1.59 bits per heavy atom. The number of hydrogen-bond acceptors (Lipinski definition) is 15. The van der Waals surface area contributed by atoms with Crippen LogP contribution in [0.5, 0.6) is 5.75 Å². The minimum Gasteiger partial charge on any atom is -0.489 e. The first-order chi connectivity index (χ1) is 40.3. The molecule has 0 spiro atoms. The molecule has 2 aliphatic rings. The van der Waals surface area contributed by atoms with Crippen LogP contribution in [0.1, 0.15) is 148 Å². The third kappa shape index (κ3) is 17.2. The van der Waals surface area contributed by atoms with Crippen molar-refractivity contribution in [3.8, 4) is 16.2 Å². The van der Waals surface area contributed by atoms with Gasteiger partial charge in [-0.15, -0.1) is 11.3 Å². The predicted octanol–water partition coefficient (Wildman–Crippen LogP) is 11.2. The second-order valence-corrected chi connectivity index (χ2v) is 27.2. The Balaban J connectivity index is 0.950. The number of sulfone groups is 1. The van der Waals surface area contributed by atoms with Crippen LogP contribution in [0, 0.1) is 19.3 Å². The molecule has 0 saturated carbocycles. The molecule has 85 heavy (non-hydrogen) atoms. The summed E-state index contributed by atoms with van der Waals surface area (Å²) in [6.45, 7) is 19.9. The van der Waals surface area contributed by atoms with E-state index in [9.17, 15) is 32.4 Å². The van der Waals surface area contributed by atoms with Gasteiger partial charge in [-0.1, -0.05) is 73.9 Å². The van der Waals surface area contributed by atoms with Gasteiger partial charge in [0.15, 0.2) is 15.7 Å². The monoisotopic (exact) mass is 1220 g/mol. The molecule has 2 fully saturated rings. The van der Waals surface area contributed by atoms with Crippen LogP contribution in [0.4, 0.5) is 23.1 Å². The summed E-state index contributed by atoms with van der Waals surface area (Å²) >= 11 is 8.10. The first-order valence-electron chi connectivity index (χ1n) is 29.0. The number of anilines is 4. The zero-order valence-corrected chi connectivity index (χ0v) is 52.6. The van der Waals surface area contributed by atoms with E-state index in [1.807, 2.05) is 96.7 Å². The number of para-hydroxylation sites is 1. The molecule has 2 aliphatic heterocycles. The molecule has 0 unspecified atom stereocenters. The highest BCUT2D eigenvalue weighted by Crippen LogP contribution is 2.39. The minimum absolute atomic E-state index is 0.00309. The second-order valence-electron chi connectivity index (χ2n) is 23.5. The summed E-state index contributed by atoms with van der Waals surface area (Å²) in [7, 11) is -3.63. The number of ether oxygens (including phenoxy) is 1. The van der Waals surface area contributed by atoms with E-state index in [1.165, 1.54) is 11.1 Å². The Kier molecular flexibility index (Phi) is 22.4. The van der Waals surface area contributed by atoms with E-state index < -0.39 is 56.5 Å². The van der Waals surface area contributed by atoms with E-state index >= 15 is 0 Å². The highest BCUT2D eigenvalue weighted by Gasteiger charge is 2.45. The molecular weight excluding hydrogens is 1140 g/mol. The van der Waals surface area contributed by atoms with Crippen molar-refractivity contribution in [1.82, 2.24) is 40.7 Å². The number of aromatic nitrogens is 3. The number of nitrogens with zero attached hydrogens (tertiary/aromatic N) is 8. The van der Waals surface area contributed by atoms with Crippen LogP contribution in [0.25, 0.3) is 20.9 Å². The molecule has 7 rings (SSSR count). The number of likely N-dealkylation sites (tertiary alicyclic amines) is 2. The summed E-state index contributed by atoms with van der Waals surface area (Å²) in [6, 6.07) is 15.6. The Morgan fingerprint density at radius 3 is 2.25 bits per heavy atom. The largest absolute Gasteiger partial charge is 0.489 e. The average Bonchev–Trinajstić information content (AvgIpc) is 3.05. The second kappa shape index (κ2) is 29.2. The topological polar surface area (TPSA) is 283 Å². The van der Waals surface area contributed by atoms with E-state index in [2.05, 4.69) is 51.6 Å². The molecule has 4 heterocycles. The predicted molar refractivity (Wildman–Crippen MR) is 332 cm³/mol. The number of nitrogens with one attached hydrogen (secondary N) is 5. The number of halogens is 1. The number of rotatable bonds is 25. The van der Waals surface area contributed by atoms with Gasteiger partial charge in [0.25, 0.3) is 0 Å². The lowest BCUT2D eigenvalue weighted by molar-refractivity contribution is -0.144. The first-order valence-corrected chi connectivity index (χ1v) is 31.8. The fraction of sp³-hybridized carbons (Fsp3) is 0.508. The Bertz CT molecular complexity index is 3360. The van der Waals surface area contributed by atoms with Crippen LogP contribution >= 0.6 is 22.9 Å². The number of amides is 5. The lowest BCUT2D eigenvalue weighted by Crippen LogP contribution is -2.58. The van der Waals surface area contributed by atoms with Crippen molar-refractivity contribution in [3.05, 3.63) is 110 Å². The molecule has 4 atom stereocenters. The first kappa shape index (κ1) is 65.2. The summed E-state index contributed by atoms with van der Waals surface area (Å²) in [5.41, 5.74) is 15.5. The van der Waals surface area contributed by atoms with Crippen LogP contribution in [0.2, 0.25) is 5.02 Å². The maximum Gasteiger partial charge on any atom is 0.246 e.